The maximum absolute atomic E-state index is 13.6. The van der Waals surface area contributed by atoms with E-state index < -0.39 is 17.5 Å². The van der Waals surface area contributed by atoms with E-state index >= 15 is 0 Å². The zero-order valence-electron chi connectivity index (χ0n) is 11.3. The summed E-state index contributed by atoms with van der Waals surface area (Å²) in [6, 6.07) is 3.11. The Hall–Kier alpha value is -1.45. The Morgan fingerprint density at radius 2 is 1.95 bits per heavy atom. The quantitative estimate of drug-likeness (QED) is 0.801. The van der Waals surface area contributed by atoms with E-state index in [-0.39, 0.29) is 11.6 Å². The van der Waals surface area contributed by atoms with Crippen molar-refractivity contribution in [2.75, 3.05) is 7.05 Å². The molecule has 2 atom stereocenters. The molecule has 1 aromatic rings. The van der Waals surface area contributed by atoms with Gasteiger partial charge in [0.2, 0.25) is 0 Å². The second-order valence-corrected chi connectivity index (χ2v) is 5.37. The molecule has 1 aliphatic rings. The Bertz CT molecular complexity index is 475. The van der Waals surface area contributed by atoms with Crippen molar-refractivity contribution < 1.29 is 13.6 Å². The summed E-state index contributed by atoms with van der Waals surface area (Å²) in [6.45, 7) is 2.11. The number of carbonyl (C=O) groups is 1. The molecular formula is C15H19F2NO. The Balaban J connectivity index is 2.20. The SMILES string of the molecule is CC1CCCCC1N(C)C(=O)c1cc(F)ccc1F. The number of carbonyl (C=O) groups excluding carboxylic acids is 1. The summed E-state index contributed by atoms with van der Waals surface area (Å²) < 4.78 is 26.8. The molecule has 1 aliphatic carbocycles. The lowest BCUT2D eigenvalue weighted by molar-refractivity contribution is 0.0623. The van der Waals surface area contributed by atoms with Gasteiger partial charge in [0.15, 0.2) is 0 Å². The number of halogens is 2. The monoisotopic (exact) mass is 267 g/mol. The van der Waals surface area contributed by atoms with Gasteiger partial charge in [0.1, 0.15) is 11.6 Å². The highest BCUT2D eigenvalue weighted by atomic mass is 19.1. The van der Waals surface area contributed by atoms with E-state index in [2.05, 4.69) is 6.92 Å². The van der Waals surface area contributed by atoms with E-state index in [1.807, 2.05) is 0 Å². The topological polar surface area (TPSA) is 20.3 Å². The van der Waals surface area contributed by atoms with Gasteiger partial charge in [-0.1, -0.05) is 19.8 Å². The zero-order valence-corrected chi connectivity index (χ0v) is 11.3. The van der Waals surface area contributed by atoms with E-state index in [0.29, 0.717) is 5.92 Å². The smallest absolute Gasteiger partial charge is 0.256 e. The average molecular weight is 267 g/mol. The van der Waals surface area contributed by atoms with Crippen molar-refractivity contribution in [2.24, 2.45) is 5.92 Å². The maximum Gasteiger partial charge on any atom is 0.256 e. The van der Waals surface area contributed by atoms with Crippen LogP contribution in [0.2, 0.25) is 0 Å². The molecular weight excluding hydrogens is 248 g/mol. The second kappa shape index (κ2) is 5.68. The number of rotatable bonds is 2. The molecule has 2 rings (SSSR count). The maximum atomic E-state index is 13.6. The van der Waals surface area contributed by atoms with Crippen molar-refractivity contribution in [1.82, 2.24) is 4.90 Å². The van der Waals surface area contributed by atoms with Crippen LogP contribution in [0.15, 0.2) is 18.2 Å². The van der Waals surface area contributed by atoms with Gasteiger partial charge >= 0.3 is 0 Å². The minimum Gasteiger partial charge on any atom is -0.338 e. The summed E-state index contributed by atoms with van der Waals surface area (Å²) >= 11 is 0. The lowest BCUT2D eigenvalue weighted by Gasteiger charge is -2.36. The van der Waals surface area contributed by atoms with Crippen molar-refractivity contribution in [1.29, 1.82) is 0 Å². The lowest BCUT2D eigenvalue weighted by atomic mass is 9.85. The van der Waals surface area contributed by atoms with Crippen LogP contribution >= 0.6 is 0 Å². The zero-order chi connectivity index (χ0) is 14.0. The van der Waals surface area contributed by atoms with Crippen LogP contribution in [0.4, 0.5) is 8.78 Å². The molecule has 0 aromatic heterocycles. The van der Waals surface area contributed by atoms with Crippen LogP contribution in [0.3, 0.4) is 0 Å². The highest BCUT2D eigenvalue weighted by Gasteiger charge is 2.29. The molecule has 0 aliphatic heterocycles. The van der Waals surface area contributed by atoms with Crippen LogP contribution in [-0.4, -0.2) is 23.9 Å². The number of nitrogens with zero attached hydrogens (tertiary/aromatic N) is 1. The highest BCUT2D eigenvalue weighted by Crippen LogP contribution is 2.28. The summed E-state index contributed by atoms with van der Waals surface area (Å²) in [6.07, 6.45) is 4.26. The lowest BCUT2D eigenvalue weighted by Crippen LogP contribution is -2.42. The molecule has 1 saturated carbocycles. The van der Waals surface area contributed by atoms with Crippen LogP contribution in [0, 0.1) is 17.6 Å². The molecule has 104 valence electrons. The van der Waals surface area contributed by atoms with Crippen molar-refractivity contribution in [3.05, 3.63) is 35.4 Å². The van der Waals surface area contributed by atoms with Crippen molar-refractivity contribution in [2.45, 2.75) is 38.6 Å². The minimum absolute atomic E-state index is 0.115. The fourth-order valence-corrected chi connectivity index (χ4v) is 2.87. The Morgan fingerprint density at radius 1 is 1.26 bits per heavy atom. The molecule has 4 heteroatoms. The van der Waals surface area contributed by atoms with Gasteiger partial charge < -0.3 is 4.90 Å². The number of benzene rings is 1. The highest BCUT2D eigenvalue weighted by molar-refractivity contribution is 5.94. The van der Waals surface area contributed by atoms with Gasteiger partial charge in [-0.15, -0.1) is 0 Å². The molecule has 0 spiro atoms. The molecule has 0 heterocycles. The third-order valence-electron chi connectivity index (χ3n) is 4.04. The third-order valence-corrected chi connectivity index (χ3v) is 4.04. The largest absolute Gasteiger partial charge is 0.338 e. The van der Waals surface area contributed by atoms with E-state index in [1.165, 1.54) is 6.42 Å². The van der Waals surface area contributed by atoms with Crippen LogP contribution < -0.4 is 0 Å². The predicted octanol–water partition coefficient (Wildman–Crippen LogP) is 3.62. The van der Waals surface area contributed by atoms with E-state index in [0.717, 1.165) is 37.5 Å². The second-order valence-electron chi connectivity index (χ2n) is 5.37. The molecule has 0 saturated heterocycles. The predicted molar refractivity (Wildman–Crippen MR) is 69.9 cm³/mol. The first-order valence-electron chi connectivity index (χ1n) is 6.73. The van der Waals surface area contributed by atoms with E-state index in [4.69, 9.17) is 0 Å². The Kier molecular flexibility index (Phi) is 4.17. The summed E-state index contributed by atoms with van der Waals surface area (Å²) in [7, 11) is 1.68. The molecule has 0 radical (unpaired) electrons. The first kappa shape index (κ1) is 14.0. The first-order valence-corrected chi connectivity index (χ1v) is 6.73. The van der Waals surface area contributed by atoms with Crippen LogP contribution in [-0.2, 0) is 0 Å². The average Bonchev–Trinajstić information content (AvgIpc) is 2.40. The molecule has 0 N–H and O–H groups in total. The van der Waals surface area contributed by atoms with Gasteiger partial charge in [-0.3, -0.25) is 4.79 Å². The molecule has 1 amide bonds. The summed E-state index contributed by atoms with van der Waals surface area (Å²) in [5.74, 6) is -1.29. The molecule has 0 bridgehead atoms. The molecule has 2 unspecified atom stereocenters. The standard InChI is InChI=1S/C15H19F2NO/c1-10-5-3-4-6-14(10)18(2)15(19)12-9-11(16)7-8-13(12)17/h7-10,14H,3-6H2,1-2H3. The van der Waals surface area contributed by atoms with Crippen LogP contribution in [0.1, 0.15) is 43.0 Å². The van der Waals surface area contributed by atoms with Crippen molar-refractivity contribution >= 4 is 5.91 Å². The Labute approximate surface area is 112 Å². The van der Waals surface area contributed by atoms with Gasteiger partial charge in [0.05, 0.1) is 5.56 Å². The van der Waals surface area contributed by atoms with Crippen molar-refractivity contribution in [3.63, 3.8) is 0 Å². The van der Waals surface area contributed by atoms with Crippen LogP contribution in [0.25, 0.3) is 0 Å². The number of amides is 1. The van der Waals surface area contributed by atoms with E-state index in [1.54, 1.807) is 11.9 Å². The van der Waals surface area contributed by atoms with Crippen molar-refractivity contribution in [3.8, 4) is 0 Å². The third kappa shape index (κ3) is 2.94. The van der Waals surface area contributed by atoms with Gasteiger partial charge in [-0.25, -0.2) is 8.78 Å². The van der Waals surface area contributed by atoms with Gasteiger partial charge in [-0.2, -0.15) is 0 Å². The fraction of sp³-hybridized carbons (Fsp3) is 0.533. The van der Waals surface area contributed by atoms with Gasteiger partial charge in [0, 0.05) is 13.1 Å². The summed E-state index contributed by atoms with van der Waals surface area (Å²) in [4.78, 5) is 13.9. The minimum atomic E-state index is -0.665. The molecule has 19 heavy (non-hydrogen) atoms. The molecule has 2 nitrogen and oxygen atoms in total. The van der Waals surface area contributed by atoms with E-state index in [9.17, 15) is 13.6 Å². The van der Waals surface area contributed by atoms with Gasteiger partial charge in [-0.05, 0) is 37.0 Å². The summed E-state index contributed by atoms with van der Waals surface area (Å²) in [5, 5.41) is 0. The first-order chi connectivity index (χ1) is 9.00. The number of hydrogen-bond donors (Lipinski definition) is 0. The molecule has 1 fully saturated rings. The Morgan fingerprint density at radius 3 is 2.63 bits per heavy atom. The van der Waals surface area contributed by atoms with Gasteiger partial charge in [0.25, 0.3) is 5.91 Å². The summed E-state index contributed by atoms with van der Waals surface area (Å²) in [5.41, 5.74) is -0.180. The normalized spacial score (nSPS) is 23.2. The van der Waals surface area contributed by atoms with Crippen LogP contribution in [0.5, 0.6) is 0 Å². The molecule has 1 aromatic carbocycles. The number of hydrogen-bond acceptors (Lipinski definition) is 1. The fourth-order valence-electron chi connectivity index (χ4n) is 2.87.